The Morgan fingerprint density at radius 1 is 1.05 bits per heavy atom. The Kier molecular flexibility index (Phi) is 5.65. The van der Waals surface area contributed by atoms with Gasteiger partial charge in [-0.3, -0.25) is 14.6 Å². The number of amides is 2. The molecule has 0 atom stereocenters. The zero-order chi connectivity index (χ0) is 15.8. The van der Waals surface area contributed by atoms with Gasteiger partial charge in [0.25, 0.3) is 0 Å². The first-order valence-electron chi connectivity index (χ1n) is 7.12. The van der Waals surface area contributed by atoms with Crippen molar-refractivity contribution in [2.45, 2.75) is 19.9 Å². The molecule has 2 amide bonds. The van der Waals surface area contributed by atoms with Gasteiger partial charge in [0.1, 0.15) is 0 Å². The fourth-order valence-electron chi connectivity index (χ4n) is 1.99. The molecule has 114 valence electrons. The summed E-state index contributed by atoms with van der Waals surface area (Å²) in [5, 5.41) is 5.36. The third-order valence-electron chi connectivity index (χ3n) is 3.27. The van der Waals surface area contributed by atoms with Gasteiger partial charge >= 0.3 is 0 Å². The molecular weight excluding hydrogens is 278 g/mol. The van der Waals surface area contributed by atoms with E-state index in [1.54, 1.807) is 12.4 Å². The number of hydrogen-bond acceptors (Lipinski definition) is 3. The Labute approximate surface area is 129 Å². The van der Waals surface area contributed by atoms with E-state index in [2.05, 4.69) is 15.6 Å². The highest BCUT2D eigenvalue weighted by molar-refractivity contribution is 5.85. The lowest BCUT2D eigenvalue weighted by Gasteiger charge is -2.08. The van der Waals surface area contributed by atoms with Crippen LogP contribution in [0.2, 0.25) is 0 Å². The Morgan fingerprint density at radius 2 is 1.86 bits per heavy atom. The minimum absolute atomic E-state index is 0.0228. The number of nitrogens with zero attached hydrogens (tertiary/aromatic N) is 1. The van der Waals surface area contributed by atoms with Crippen LogP contribution in [0.3, 0.4) is 0 Å². The lowest BCUT2D eigenvalue weighted by atomic mass is 10.1. The molecule has 0 aliphatic carbocycles. The molecule has 5 heteroatoms. The second-order valence-electron chi connectivity index (χ2n) is 5.02. The second kappa shape index (κ2) is 7.93. The molecule has 0 spiro atoms. The lowest BCUT2D eigenvalue weighted by Crippen LogP contribution is -2.37. The van der Waals surface area contributed by atoms with Gasteiger partial charge in [0.2, 0.25) is 11.8 Å². The number of benzene rings is 1. The molecule has 1 heterocycles. The standard InChI is InChI=1S/C17H19N3O2/c1-13-5-2-3-7-15(13)9-16(21)20-12-17(22)19-11-14-6-4-8-18-10-14/h2-8,10H,9,11-12H2,1H3,(H,19,22)(H,20,21). The van der Waals surface area contributed by atoms with E-state index in [9.17, 15) is 9.59 Å². The van der Waals surface area contributed by atoms with Crippen molar-refractivity contribution in [2.75, 3.05) is 6.54 Å². The zero-order valence-electron chi connectivity index (χ0n) is 12.5. The molecule has 0 aliphatic rings. The summed E-state index contributed by atoms with van der Waals surface area (Å²) in [6.07, 6.45) is 3.65. The van der Waals surface area contributed by atoms with Crippen LogP contribution in [0.25, 0.3) is 0 Å². The predicted octanol–water partition coefficient (Wildman–Crippen LogP) is 1.37. The first-order chi connectivity index (χ1) is 10.6. The molecule has 2 rings (SSSR count). The highest BCUT2D eigenvalue weighted by Gasteiger charge is 2.07. The van der Waals surface area contributed by atoms with Crippen LogP contribution in [0.4, 0.5) is 0 Å². The fraction of sp³-hybridized carbons (Fsp3) is 0.235. The Bertz CT molecular complexity index is 641. The summed E-state index contributed by atoms with van der Waals surface area (Å²) in [5.41, 5.74) is 2.96. The maximum Gasteiger partial charge on any atom is 0.239 e. The molecule has 22 heavy (non-hydrogen) atoms. The Hall–Kier alpha value is -2.69. The number of hydrogen-bond donors (Lipinski definition) is 2. The molecule has 1 aromatic carbocycles. The van der Waals surface area contributed by atoms with Crippen LogP contribution >= 0.6 is 0 Å². The minimum atomic E-state index is -0.220. The fourth-order valence-corrected chi connectivity index (χ4v) is 1.99. The van der Waals surface area contributed by atoms with Crippen LogP contribution in [0.5, 0.6) is 0 Å². The maximum atomic E-state index is 11.8. The first kappa shape index (κ1) is 15.7. The molecule has 2 aromatic rings. The van der Waals surface area contributed by atoms with E-state index in [-0.39, 0.29) is 24.8 Å². The molecule has 0 aliphatic heterocycles. The lowest BCUT2D eigenvalue weighted by molar-refractivity contribution is -0.125. The van der Waals surface area contributed by atoms with Gasteiger partial charge in [0, 0.05) is 18.9 Å². The van der Waals surface area contributed by atoms with Gasteiger partial charge in [0.05, 0.1) is 13.0 Å². The smallest absolute Gasteiger partial charge is 0.239 e. The number of nitrogens with one attached hydrogen (secondary N) is 2. The van der Waals surface area contributed by atoms with Crippen molar-refractivity contribution in [1.29, 1.82) is 0 Å². The summed E-state index contributed by atoms with van der Waals surface area (Å²) in [5.74, 6) is -0.382. The SMILES string of the molecule is Cc1ccccc1CC(=O)NCC(=O)NCc1cccnc1. The van der Waals surface area contributed by atoms with Crippen molar-refractivity contribution in [3.63, 3.8) is 0 Å². The normalized spacial score (nSPS) is 10.0. The number of aromatic nitrogens is 1. The third kappa shape index (κ3) is 5.01. The molecule has 2 N–H and O–H groups in total. The number of carbonyl (C=O) groups excluding carboxylic acids is 2. The van der Waals surface area contributed by atoms with Gasteiger partial charge in [-0.1, -0.05) is 30.3 Å². The van der Waals surface area contributed by atoms with Crippen molar-refractivity contribution < 1.29 is 9.59 Å². The van der Waals surface area contributed by atoms with Crippen LogP contribution < -0.4 is 10.6 Å². The van der Waals surface area contributed by atoms with Gasteiger partial charge in [-0.15, -0.1) is 0 Å². The van der Waals surface area contributed by atoms with Crippen molar-refractivity contribution >= 4 is 11.8 Å². The van der Waals surface area contributed by atoms with Gasteiger partial charge in [0.15, 0.2) is 0 Å². The van der Waals surface area contributed by atoms with Gasteiger partial charge < -0.3 is 10.6 Å². The van der Waals surface area contributed by atoms with Crippen molar-refractivity contribution in [1.82, 2.24) is 15.6 Å². The van der Waals surface area contributed by atoms with E-state index in [0.717, 1.165) is 16.7 Å². The van der Waals surface area contributed by atoms with E-state index in [0.29, 0.717) is 6.54 Å². The Balaban J connectivity index is 1.72. The van der Waals surface area contributed by atoms with Crippen LogP contribution in [0, 0.1) is 6.92 Å². The number of pyridine rings is 1. The second-order valence-corrected chi connectivity index (χ2v) is 5.02. The van der Waals surface area contributed by atoms with Gasteiger partial charge in [-0.25, -0.2) is 0 Å². The summed E-state index contributed by atoms with van der Waals surface area (Å²) in [6.45, 7) is 2.34. The summed E-state index contributed by atoms with van der Waals surface area (Å²) < 4.78 is 0. The van der Waals surface area contributed by atoms with Crippen molar-refractivity contribution in [3.05, 3.63) is 65.5 Å². The maximum absolute atomic E-state index is 11.8. The van der Waals surface area contributed by atoms with E-state index < -0.39 is 0 Å². The van der Waals surface area contributed by atoms with E-state index in [1.807, 2.05) is 43.3 Å². The molecule has 0 fully saturated rings. The molecule has 0 radical (unpaired) electrons. The first-order valence-corrected chi connectivity index (χ1v) is 7.12. The summed E-state index contributed by atoms with van der Waals surface area (Å²) in [6, 6.07) is 11.4. The Morgan fingerprint density at radius 3 is 2.59 bits per heavy atom. The molecule has 0 saturated carbocycles. The number of carbonyl (C=O) groups is 2. The molecule has 1 aromatic heterocycles. The third-order valence-corrected chi connectivity index (χ3v) is 3.27. The molecule has 0 unspecified atom stereocenters. The van der Waals surface area contributed by atoms with Gasteiger partial charge in [-0.05, 0) is 29.7 Å². The molecular formula is C17H19N3O2. The molecule has 0 saturated heterocycles. The van der Waals surface area contributed by atoms with Crippen LogP contribution in [-0.2, 0) is 22.6 Å². The monoisotopic (exact) mass is 297 g/mol. The molecule has 5 nitrogen and oxygen atoms in total. The summed E-state index contributed by atoms with van der Waals surface area (Å²) in [4.78, 5) is 27.5. The largest absolute Gasteiger partial charge is 0.350 e. The molecule has 0 bridgehead atoms. The van der Waals surface area contributed by atoms with E-state index >= 15 is 0 Å². The van der Waals surface area contributed by atoms with Crippen molar-refractivity contribution in [2.24, 2.45) is 0 Å². The minimum Gasteiger partial charge on any atom is -0.350 e. The van der Waals surface area contributed by atoms with Crippen LogP contribution in [0.1, 0.15) is 16.7 Å². The zero-order valence-corrected chi connectivity index (χ0v) is 12.5. The number of rotatable bonds is 6. The van der Waals surface area contributed by atoms with E-state index in [4.69, 9.17) is 0 Å². The summed E-state index contributed by atoms with van der Waals surface area (Å²) >= 11 is 0. The average Bonchev–Trinajstić information content (AvgIpc) is 2.54. The quantitative estimate of drug-likeness (QED) is 0.846. The van der Waals surface area contributed by atoms with Crippen LogP contribution in [0.15, 0.2) is 48.8 Å². The highest BCUT2D eigenvalue weighted by atomic mass is 16.2. The van der Waals surface area contributed by atoms with E-state index in [1.165, 1.54) is 0 Å². The van der Waals surface area contributed by atoms with Crippen LogP contribution in [-0.4, -0.2) is 23.3 Å². The van der Waals surface area contributed by atoms with Gasteiger partial charge in [-0.2, -0.15) is 0 Å². The van der Waals surface area contributed by atoms with Crippen molar-refractivity contribution in [3.8, 4) is 0 Å². The number of aryl methyl sites for hydroxylation is 1. The topological polar surface area (TPSA) is 71.1 Å². The highest BCUT2D eigenvalue weighted by Crippen LogP contribution is 2.07. The average molecular weight is 297 g/mol. The predicted molar refractivity (Wildman–Crippen MR) is 84.0 cm³/mol. The summed E-state index contributed by atoms with van der Waals surface area (Å²) in [7, 11) is 0.